The average molecular weight is 312 g/mol. The van der Waals surface area contributed by atoms with E-state index < -0.39 is 11.6 Å². The molecule has 2 heterocycles. The van der Waals surface area contributed by atoms with Gasteiger partial charge in [0, 0.05) is 19.4 Å². The maximum absolute atomic E-state index is 12.4. The fraction of sp³-hybridized carbons (Fsp3) is 0.500. The number of hydrogen-bond acceptors (Lipinski definition) is 5. The van der Waals surface area contributed by atoms with Crippen molar-refractivity contribution in [1.82, 2.24) is 14.6 Å². The molecule has 0 spiro atoms. The predicted octanol–water partition coefficient (Wildman–Crippen LogP) is 3.05. The van der Waals surface area contributed by atoms with Crippen molar-refractivity contribution in [3.8, 4) is 0 Å². The second kappa shape index (κ2) is 5.61. The van der Waals surface area contributed by atoms with Crippen LogP contribution in [-0.4, -0.2) is 33.3 Å². The van der Waals surface area contributed by atoms with E-state index in [0.29, 0.717) is 22.1 Å². The van der Waals surface area contributed by atoms with Crippen LogP contribution in [0.4, 0.5) is 0 Å². The van der Waals surface area contributed by atoms with E-state index in [4.69, 9.17) is 21.1 Å². The van der Waals surface area contributed by atoms with E-state index in [0.717, 1.165) is 0 Å². The van der Waals surface area contributed by atoms with Gasteiger partial charge in [0.25, 0.3) is 0 Å². The van der Waals surface area contributed by atoms with Crippen LogP contribution in [0, 0.1) is 0 Å². The third-order valence-electron chi connectivity index (χ3n) is 2.85. The molecule has 0 saturated carbocycles. The first-order chi connectivity index (χ1) is 9.73. The number of esters is 1. The lowest BCUT2D eigenvalue weighted by molar-refractivity contribution is 0.00603. The average Bonchev–Trinajstić information content (AvgIpc) is 2.74. The number of fused-ring (bicyclic) bond motifs is 1. The number of halogens is 1. The highest BCUT2D eigenvalue weighted by atomic mass is 35.5. The molecule has 0 bridgehead atoms. The Kier molecular flexibility index (Phi) is 4.20. The maximum Gasteiger partial charge on any atom is 0.342 e. The number of aromatic nitrogens is 3. The van der Waals surface area contributed by atoms with Gasteiger partial charge in [0.1, 0.15) is 11.2 Å². The molecule has 21 heavy (non-hydrogen) atoms. The van der Waals surface area contributed by atoms with Crippen molar-refractivity contribution < 1.29 is 14.3 Å². The highest BCUT2D eigenvalue weighted by Gasteiger charge is 2.25. The Morgan fingerprint density at radius 3 is 2.67 bits per heavy atom. The lowest BCUT2D eigenvalue weighted by Gasteiger charge is -2.21. The molecular formula is C14H18ClN3O3. The standard InChI is InChI=1S/C14H18ClN3O3/c1-8(20-5)12-9(13(19)21-14(2,3)4)7-16-11-6-10(15)17-18(11)12/h6-8H,1-5H3/t8-/m0/s1. The number of rotatable bonds is 3. The summed E-state index contributed by atoms with van der Waals surface area (Å²) in [5.74, 6) is -0.470. The van der Waals surface area contributed by atoms with Crippen LogP contribution in [-0.2, 0) is 9.47 Å². The molecule has 0 aliphatic heterocycles. The molecule has 0 aromatic carbocycles. The van der Waals surface area contributed by atoms with Gasteiger partial charge in [0.2, 0.25) is 0 Å². The Morgan fingerprint density at radius 1 is 1.43 bits per heavy atom. The van der Waals surface area contributed by atoms with Crippen LogP contribution in [0.3, 0.4) is 0 Å². The van der Waals surface area contributed by atoms with Crippen molar-refractivity contribution in [2.45, 2.75) is 39.4 Å². The first-order valence-electron chi connectivity index (χ1n) is 6.53. The lowest BCUT2D eigenvalue weighted by Crippen LogP contribution is -2.26. The minimum atomic E-state index is -0.596. The van der Waals surface area contributed by atoms with E-state index in [1.807, 2.05) is 6.92 Å². The van der Waals surface area contributed by atoms with Gasteiger partial charge in [-0.15, -0.1) is 0 Å². The van der Waals surface area contributed by atoms with E-state index in [1.54, 1.807) is 33.9 Å². The van der Waals surface area contributed by atoms with Gasteiger partial charge in [-0.2, -0.15) is 5.10 Å². The zero-order valence-electron chi connectivity index (χ0n) is 12.7. The monoisotopic (exact) mass is 311 g/mol. The Bertz CT molecular complexity index is 676. The smallest absolute Gasteiger partial charge is 0.342 e. The number of carbonyl (C=O) groups is 1. The summed E-state index contributed by atoms with van der Waals surface area (Å²) >= 11 is 5.91. The van der Waals surface area contributed by atoms with E-state index in [-0.39, 0.29) is 6.10 Å². The number of carbonyl (C=O) groups excluding carboxylic acids is 1. The van der Waals surface area contributed by atoms with Crippen molar-refractivity contribution in [3.05, 3.63) is 28.7 Å². The molecule has 0 fully saturated rings. The summed E-state index contributed by atoms with van der Waals surface area (Å²) in [6.45, 7) is 7.24. The molecule has 2 rings (SSSR count). The molecule has 0 aliphatic rings. The fourth-order valence-electron chi connectivity index (χ4n) is 1.92. The van der Waals surface area contributed by atoms with Gasteiger partial charge in [0.05, 0.1) is 11.8 Å². The Balaban J connectivity index is 2.59. The largest absolute Gasteiger partial charge is 0.456 e. The Hall–Kier alpha value is -1.66. The van der Waals surface area contributed by atoms with Gasteiger partial charge in [-0.1, -0.05) is 11.6 Å². The molecule has 0 aliphatic carbocycles. The minimum Gasteiger partial charge on any atom is -0.456 e. The van der Waals surface area contributed by atoms with Crippen molar-refractivity contribution in [1.29, 1.82) is 0 Å². The number of methoxy groups -OCH3 is 1. The first kappa shape index (κ1) is 15.7. The van der Waals surface area contributed by atoms with Crippen molar-refractivity contribution >= 4 is 23.2 Å². The molecule has 2 aromatic heterocycles. The summed E-state index contributed by atoms with van der Waals surface area (Å²) in [6.07, 6.45) is 1.10. The Morgan fingerprint density at radius 2 is 2.10 bits per heavy atom. The van der Waals surface area contributed by atoms with E-state index in [9.17, 15) is 4.79 Å². The van der Waals surface area contributed by atoms with Gasteiger partial charge < -0.3 is 9.47 Å². The minimum absolute atomic E-state index is 0.299. The molecule has 0 radical (unpaired) electrons. The van der Waals surface area contributed by atoms with Crippen LogP contribution in [0.1, 0.15) is 49.9 Å². The highest BCUT2D eigenvalue weighted by molar-refractivity contribution is 6.29. The summed E-state index contributed by atoms with van der Waals surface area (Å²) in [5, 5.41) is 4.45. The lowest BCUT2D eigenvalue weighted by atomic mass is 10.1. The van der Waals surface area contributed by atoms with Crippen LogP contribution in [0.5, 0.6) is 0 Å². The quantitative estimate of drug-likeness (QED) is 0.815. The van der Waals surface area contributed by atoms with Crippen LogP contribution in [0.25, 0.3) is 5.65 Å². The molecule has 0 unspecified atom stereocenters. The summed E-state index contributed by atoms with van der Waals surface area (Å²) in [5.41, 5.74) is 0.822. The Labute approximate surface area is 128 Å². The normalized spacial score (nSPS) is 13.4. The fourth-order valence-corrected chi connectivity index (χ4v) is 2.09. The van der Waals surface area contributed by atoms with Gasteiger partial charge in [0.15, 0.2) is 10.8 Å². The van der Waals surface area contributed by atoms with Crippen molar-refractivity contribution in [2.75, 3.05) is 7.11 Å². The highest BCUT2D eigenvalue weighted by Crippen LogP contribution is 2.24. The summed E-state index contributed by atoms with van der Waals surface area (Å²) in [4.78, 5) is 16.6. The maximum atomic E-state index is 12.4. The summed E-state index contributed by atoms with van der Waals surface area (Å²) < 4.78 is 12.3. The van der Waals surface area contributed by atoms with Crippen LogP contribution >= 0.6 is 11.6 Å². The van der Waals surface area contributed by atoms with Gasteiger partial charge in [-0.3, -0.25) is 0 Å². The zero-order valence-corrected chi connectivity index (χ0v) is 13.4. The molecule has 114 valence electrons. The SMILES string of the molecule is CO[C@@H](C)c1c(C(=O)OC(C)(C)C)cnc2cc(Cl)nn12. The predicted molar refractivity (Wildman–Crippen MR) is 78.6 cm³/mol. The van der Waals surface area contributed by atoms with Crippen LogP contribution < -0.4 is 0 Å². The molecule has 0 saturated heterocycles. The number of ether oxygens (including phenoxy) is 2. The van der Waals surface area contributed by atoms with E-state index in [2.05, 4.69) is 10.1 Å². The molecule has 0 amide bonds. The van der Waals surface area contributed by atoms with Crippen molar-refractivity contribution in [2.24, 2.45) is 0 Å². The second-order valence-electron chi connectivity index (χ2n) is 5.67. The third kappa shape index (κ3) is 3.33. The number of hydrogen-bond donors (Lipinski definition) is 0. The molecule has 7 heteroatoms. The topological polar surface area (TPSA) is 65.7 Å². The van der Waals surface area contributed by atoms with E-state index in [1.165, 1.54) is 10.7 Å². The van der Waals surface area contributed by atoms with Crippen molar-refractivity contribution in [3.63, 3.8) is 0 Å². The molecule has 2 aromatic rings. The first-order valence-corrected chi connectivity index (χ1v) is 6.91. The third-order valence-corrected chi connectivity index (χ3v) is 3.03. The molecule has 0 N–H and O–H groups in total. The molecular weight excluding hydrogens is 294 g/mol. The summed E-state index contributed by atoms with van der Waals surface area (Å²) in [6, 6.07) is 1.62. The molecule has 6 nitrogen and oxygen atoms in total. The van der Waals surface area contributed by atoms with Crippen LogP contribution in [0.15, 0.2) is 12.3 Å². The number of nitrogens with zero attached hydrogens (tertiary/aromatic N) is 3. The zero-order chi connectivity index (χ0) is 15.8. The van der Waals surface area contributed by atoms with Gasteiger partial charge in [-0.25, -0.2) is 14.3 Å². The van der Waals surface area contributed by atoms with Gasteiger partial charge in [-0.05, 0) is 27.7 Å². The van der Waals surface area contributed by atoms with Crippen LogP contribution in [0.2, 0.25) is 5.15 Å². The second-order valence-corrected chi connectivity index (χ2v) is 6.06. The summed E-state index contributed by atoms with van der Waals surface area (Å²) in [7, 11) is 1.56. The van der Waals surface area contributed by atoms with Gasteiger partial charge >= 0.3 is 5.97 Å². The molecule has 1 atom stereocenters. The van der Waals surface area contributed by atoms with E-state index >= 15 is 0 Å².